The van der Waals surface area contributed by atoms with Crippen molar-refractivity contribution in [3.05, 3.63) is 63.1 Å². The number of ketones is 1. The maximum atomic E-state index is 12.2. The molecule has 0 aliphatic rings. The maximum absolute atomic E-state index is 12.2. The van der Waals surface area contributed by atoms with Gasteiger partial charge in [-0.05, 0) is 42.5 Å². The van der Waals surface area contributed by atoms with Crippen LogP contribution in [0, 0.1) is 0 Å². The van der Waals surface area contributed by atoms with Crippen LogP contribution in [0.15, 0.2) is 51.8 Å². The molecule has 2 aromatic carbocycles. The van der Waals surface area contributed by atoms with E-state index in [0.29, 0.717) is 33.1 Å². The Labute approximate surface area is 122 Å². The van der Waals surface area contributed by atoms with Crippen molar-refractivity contribution in [3.63, 3.8) is 0 Å². The molecule has 0 aliphatic carbocycles. The molecule has 2 aromatic rings. The lowest BCUT2D eigenvalue weighted by Gasteiger charge is -2.04. The van der Waals surface area contributed by atoms with Crippen molar-refractivity contribution in [3.8, 4) is 0 Å². The molecule has 0 bridgehead atoms. The van der Waals surface area contributed by atoms with E-state index >= 15 is 0 Å². The van der Waals surface area contributed by atoms with E-state index in [4.69, 9.17) is 16.2 Å². The highest BCUT2D eigenvalue weighted by Gasteiger charge is 2.11. The summed E-state index contributed by atoms with van der Waals surface area (Å²) in [7, 11) is 0. The molecular weight excluding hydrogens is 336 g/mol. The molecule has 0 unspecified atom stereocenters. The predicted octanol–water partition coefficient (Wildman–Crippen LogP) is 4.90. The lowest BCUT2D eigenvalue weighted by molar-refractivity contribution is 0.103. The molecular formula is C13H8BrClO2S. The fourth-order valence-electron chi connectivity index (χ4n) is 1.48. The van der Waals surface area contributed by atoms with Gasteiger partial charge in [-0.1, -0.05) is 27.5 Å². The van der Waals surface area contributed by atoms with Crippen molar-refractivity contribution in [1.82, 2.24) is 0 Å². The zero-order valence-electron chi connectivity index (χ0n) is 9.06. The lowest BCUT2D eigenvalue weighted by Crippen LogP contribution is -2.01. The van der Waals surface area contributed by atoms with Gasteiger partial charge >= 0.3 is 0 Å². The van der Waals surface area contributed by atoms with Gasteiger partial charge in [0.1, 0.15) is 0 Å². The largest absolute Gasteiger partial charge is 0.325 e. The van der Waals surface area contributed by atoms with Gasteiger partial charge in [-0.25, -0.2) is 0 Å². The van der Waals surface area contributed by atoms with Gasteiger partial charge in [0.2, 0.25) is 0 Å². The summed E-state index contributed by atoms with van der Waals surface area (Å²) in [5.74, 6) is -0.102. The van der Waals surface area contributed by atoms with E-state index < -0.39 is 0 Å². The summed E-state index contributed by atoms with van der Waals surface area (Å²) >= 11 is 9.72. The molecule has 5 heteroatoms. The summed E-state index contributed by atoms with van der Waals surface area (Å²) in [6.45, 7) is 0. The third kappa shape index (κ3) is 2.95. The number of carbonyl (C=O) groups excluding carboxylic acids is 1. The van der Waals surface area contributed by atoms with Gasteiger partial charge in [0, 0.05) is 27.6 Å². The van der Waals surface area contributed by atoms with Crippen LogP contribution in [0.5, 0.6) is 0 Å². The van der Waals surface area contributed by atoms with Crippen LogP contribution in [0.25, 0.3) is 0 Å². The molecule has 0 heterocycles. The van der Waals surface area contributed by atoms with Crippen LogP contribution in [0.2, 0.25) is 5.02 Å². The van der Waals surface area contributed by atoms with Gasteiger partial charge in [-0.3, -0.25) is 4.79 Å². The van der Waals surface area contributed by atoms with E-state index in [-0.39, 0.29) is 5.78 Å². The molecule has 0 saturated carbocycles. The van der Waals surface area contributed by atoms with Crippen molar-refractivity contribution in [1.29, 1.82) is 0 Å². The Hall–Kier alpha value is -0.810. The van der Waals surface area contributed by atoms with Crippen molar-refractivity contribution in [2.24, 2.45) is 0 Å². The summed E-state index contributed by atoms with van der Waals surface area (Å²) < 4.78 is 9.96. The topological polar surface area (TPSA) is 37.3 Å². The minimum atomic E-state index is -0.102. The third-order valence-electron chi connectivity index (χ3n) is 2.40. The minimum Gasteiger partial charge on any atom is -0.325 e. The van der Waals surface area contributed by atoms with Crippen molar-refractivity contribution < 1.29 is 9.35 Å². The highest BCUT2D eigenvalue weighted by molar-refractivity contribution is 9.10. The van der Waals surface area contributed by atoms with Crippen molar-refractivity contribution in [2.75, 3.05) is 0 Å². The van der Waals surface area contributed by atoms with Gasteiger partial charge in [0.25, 0.3) is 0 Å². The van der Waals surface area contributed by atoms with E-state index in [1.807, 2.05) is 12.1 Å². The molecule has 0 aliphatic heterocycles. The monoisotopic (exact) mass is 342 g/mol. The number of hydrogen-bond donors (Lipinski definition) is 1. The van der Waals surface area contributed by atoms with Gasteiger partial charge in [-0.15, -0.1) is 0 Å². The van der Waals surface area contributed by atoms with Gasteiger partial charge in [0.15, 0.2) is 5.78 Å². The van der Waals surface area contributed by atoms with Crippen LogP contribution >= 0.6 is 39.6 Å². The van der Waals surface area contributed by atoms with E-state index in [1.165, 1.54) is 0 Å². The van der Waals surface area contributed by atoms with Gasteiger partial charge in [0.05, 0.1) is 9.92 Å². The molecule has 2 rings (SSSR count). The van der Waals surface area contributed by atoms with Gasteiger partial charge in [-0.2, -0.15) is 0 Å². The third-order valence-corrected chi connectivity index (χ3v) is 3.90. The standard InChI is InChI=1S/C13H8BrClO2S/c14-10-4-1-8(2-5-10)13(16)9-3-6-11(15)12(7-9)18-17/h1-7,17H. The van der Waals surface area contributed by atoms with E-state index in [1.54, 1.807) is 30.3 Å². The molecule has 0 aromatic heterocycles. The van der Waals surface area contributed by atoms with E-state index in [0.717, 1.165) is 4.47 Å². The molecule has 0 radical (unpaired) electrons. The number of carbonyl (C=O) groups is 1. The first-order valence-corrected chi connectivity index (χ1v) is 6.97. The average molecular weight is 344 g/mol. The first-order valence-electron chi connectivity index (χ1n) is 5.03. The zero-order valence-corrected chi connectivity index (χ0v) is 12.2. The zero-order chi connectivity index (χ0) is 13.1. The normalized spacial score (nSPS) is 10.4. The average Bonchev–Trinajstić information content (AvgIpc) is 2.39. The van der Waals surface area contributed by atoms with Gasteiger partial charge < -0.3 is 4.55 Å². The molecule has 0 fully saturated rings. The molecule has 0 saturated heterocycles. The molecule has 18 heavy (non-hydrogen) atoms. The highest BCUT2D eigenvalue weighted by atomic mass is 79.9. The van der Waals surface area contributed by atoms with Crippen LogP contribution in [0.3, 0.4) is 0 Å². The molecule has 0 spiro atoms. The van der Waals surface area contributed by atoms with Crippen LogP contribution in [-0.4, -0.2) is 10.3 Å². The summed E-state index contributed by atoms with van der Waals surface area (Å²) in [4.78, 5) is 12.7. The van der Waals surface area contributed by atoms with Crippen LogP contribution < -0.4 is 0 Å². The Kier molecular flexibility index (Phi) is 4.45. The first kappa shape index (κ1) is 13.6. The summed E-state index contributed by atoms with van der Waals surface area (Å²) in [5, 5.41) is 0.426. The fourth-order valence-corrected chi connectivity index (χ4v) is 2.30. The molecule has 92 valence electrons. The summed E-state index contributed by atoms with van der Waals surface area (Å²) in [6.07, 6.45) is 0. The SMILES string of the molecule is O=C(c1ccc(Br)cc1)c1ccc(Cl)c(SO)c1. The quantitative estimate of drug-likeness (QED) is 0.636. The van der Waals surface area contributed by atoms with Crippen molar-refractivity contribution >= 4 is 45.4 Å². The Morgan fingerprint density at radius 2 is 1.72 bits per heavy atom. The summed E-state index contributed by atoms with van der Waals surface area (Å²) in [5.41, 5.74) is 1.09. The Balaban J connectivity index is 2.37. The number of halogens is 2. The predicted molar refractivity (Wildman–Crippen MR) is 77.5 cm³/mol. The second-order valence-electron chi connectivity index (χ2n) is 3.57. The fraction of sp³-hybridized carbons (Fsp3) is 0. The Morgan fingerprint density at radius 3 is 2.33 bits per heavy atom. The van der Waals surface area contributed by atoms with Crippen LogP contribution in [0.1, 0.15) is 15.9 Å². The minimum absolute atomic E-state index is 0.102. The molecule has 2 nitrogen and oxygen atoms in total. The number of benzene rings is 2. The number of hydrogen-bond acceptors (Lipinski definition) is 3. The molecule has 1 N–H and O–H groups in total. The Morgan fingerprint density at radius 1 is 1.11 bits per heavy atom. The lowest BCUT2D eigenvalue weighted by atomic mass is 10.0. The second kappa shape index (κ2) is 5.89. The smallest absolute Gasteiger partial charge is 0.193 e. The highest BCUT2D eigenvalue weighted by Crippen LogP contribution is 2.27. The van der Waals surface area contributed by atoms with Crippen LogP contribution in [0.4, 0.5) is 0 Å². The molecule has 0 amide bonds. The Bertz CT molecular complexity index is 584. The summed E-state index contributed by atoms with van der Waals surface area (Å²) in [6, 6.07) is 11.9. The first-order chi connectivity index (χ1) is 8.61. The second-order valence-corrected chi connectivity index (χ2v) is 5.52. The molecule has 0 atom stereocenters. The van der Waals surface area contributed by atoms with Crippen molar-refractivity contribution in [2.45, 2.75) is 4.90 Å². The van der Waals surface area contributed by atoms with Crippen LogP contribution in [-0.2, 0) is 0 Å². The maximum Gasteiger partial charge on any atom is 0.193 e. The van der Waals surface area contributed by atoms with E-state index in [9.17, 15) is 4.79 Å². The van der Waals surface area contributed by atoms with E-state index in [2.05, 4.69) is 15.9 Å². The number of rotatable bonds is 3.